The van der Waals surface area contributed by atoms with Crippen LogP contribution in [0.1, 0.15) is 18.9 Å². The Balaban J connectivity index is 2.29. The van der Waals surface area contributed by atoms with Gasteiger partial charge in [-0.05, 0) is 60.9 Å². The van der Waals surface area contributed by atoms with E-state index in [1.165, 1.54) is 11.3 Å². The zero-order chi connectivity index (χ0) is 14.0. The first-order valence-electron chi connectivity index (χ1n) is 6.87. The van der Waals surface area contributed by atoms with Gasteiger partial charge in [-0.25, -0.2) is 0 Å². The maximum Gasteiger partial charge on any atom is 0.0604 e. The molecule has 1 fully saturated rings. The number of hydrogen-bond donors (Lipinski definition) is 1. The van der Waals surface area contributed by atoms with Crippen LogP contribution in [0.3, 0.4) is 0 Å². The number of aryl methyl sites for hydroxylation is 1. The first-order valence-corrected chi connectivity index (χ1v) is 7.66. The van der Waals surface area contributed by atoms with E-state index in [4.69, 9.17) is 0 Å². The monoisotopic (exact) mass is 326 g/mol. The highest BCUT2D eigenvalue weighted by Gasteiger charge is 2.27. The molecule has 2 atom stereocenters. The van der Waals surface area contributed by atoms with Gasteiger partial charge >= 0.3 is 0 Å². The molecular weight excluding hydrogens is 304 g/mol. The molecule has 0 amide bonds. The minimum absolute atomic E-state index is 0.207. The van der Waals surface area contributed by atoms with Gasteiger partial charge in [0, 0.05) is 29.6 Å². The van der Waals surface area contributed by atoms with Gasteiger partial charge in [0.1, 0.15) is 0 Å². The number of halogens is 1. The Morgan fingerprint density at radius 2 is 2.16 bits per heavy atom. The molecule has 0 saturated carbocycles. The van der Waals surface area contributed by atoms with Crippen LogP contribution in [-0.2, 0) is 0 Å². The van der Waals surface area contributed by atoms with E-state index in [-0.39, 0.29) is 12.6 Å². The lowest BCUT2D eigenvalue weighted by Gasteiger charge is -2.33. The van der Waals surface area contributed by atoms with Crippen molar-refractivity contribution in [3.63, 3.8) is 0 Å². The summed E-state index contributed by atoms with van der Waals surface area (Å²) in [6.45, 7) is 6.48. The summed E-state index contributed by atoms with van der Waals surface area (Å²) in [4.78, 5) is 4.67. The highest BCUT2D eigenvalue weighted by Crippen LogP contribution is 2.31. The lowest BCUT2D eigenvalue weighted by Crippen LogP contribution is -2.43. The molecule has 0 radical (unpaired) electrons. The van der Waals surface area contributed by atoms with Crippen molar-refractivity contribution in [2.75, 3.05) is 31.6 Å². The lowest BCUT2D eigenvalue weighted by atomic mass is 10.1. The van der Waals surface area contributed by atoms with E-state index in [2.05, 4.69) is 64.8 Å². The molecule has 0 aromatic heterocycles. The zero-order valence-electron chi connectivity index (χ0n) is 11.9. The fourth-order valence-corrected chi connectivity index (χ4v) is 3.37. The molecule has 3 nitrogen and oxygen atoms in total. The second-order valence-electron chi connectivity index (χ2n) is 5.56. The first-order chi connectivity index (χ1) is 9.02. The molecule has 1 heterocycles. The van der Waals surface area contributed by atoms with Gasteiger partial charge in [-0.3, -0.25) is 4.90 Å². The summed E-state index contributed by atoms with van der Waals surface area (Å²) in [6.07, 6.45) is 1.12. The number of rotatable bonds is 2. The van der Waals surface area contributed by atoms with Gasteiger partial charge in [0.25, 0.3) is 0 Å². The van der Waals surface area contributed by atoms with Crippen molar-refractivity contribution in [2.45, 2.75) is 32.4 Å². The van der Waals surface area contributed by atoms with Crippen molar-refractivity contribution in [1.29, 1.82) is 0 Å². The van der Waals surface area contributed by atoms with E-state index in [0.717, 1.165) is 24.0 Å². The molecule has 0 spiro atoms. The van der Waals surface area contributed by atoms with Crippen molar-refractivity contribution in [3.8, 4) is 0 Å². The van der Waals surface area contributed by atoms with E-state index in [1.54, 1.807) is 0 Å². The van der Waals surface area contributed by atoms with Crippen LogP contribution in [0.15, 0.2) is 22.7 Å². The second kappa shape index (κ2) is 6.25. The fraction of sp³-hybridized carbons (Fsp3) is 0.600. The molecule has 1 aliphatic rings. The Bertz CT molecular complexity index is 438. The summed E-state index contributed by atoms with van der Waals surface area (Å²) in [5.74, 6) is 0. The van der Waals surface area contributed by atoms with E-state index in [1.807, 2.05) is 0 Å². The number of benzene rings is 1. The van der Waals surface area contributed by atoms with Crippen LogP contribution in [0.5, 0.6) is 0 Å². The minimum atomic E-state index is 0.207. The largest absolute Gasteiger partial charge is 0.395 e. The quantitative estimate of drug-likeness (QED) is 0.905. The fourth-order valence-electron chi connectivity index (χ4n) is 2.65. The number of aliphatic hydroxyl groups is 1. The molecule has 2 rings (SSSR count). The Hall–Kier alpha value is -0.580. The smallest absolute Gasteiger partial charge is 0.0604 e. The van der Waals surface area contributed by atoms with Crippen LogP contribution in [0.2, 0.25) is 0 Å². The predicted octanol–water partition coefficient (Wildman–Crippen LogP) is 2.65. The second-order valence-corrected chi connectivity index (χ2v) is 6.42. The summed E-state index contributed by atoms with van der Waals surface area (Å²) < 4.78 is 1.14. The highest BCUT2D eigenvalue weighted by molar-refractivity contribution is 9.10. The van der Waals surface area contributed by atoms with Crippen molar-refractivity contribution in [3.05, 3.63) is 28.2 Å². The third kappa shape index (κ3) is 3.30. The van der Waals surface area contributed by atoms with Crippen LogP contribution in [-0.4, -0.2) is 48.8 Å². The molecule has 1 aromatic rings. The van der Waals surface area contributed by atoms with E-state index < -0.39 is 0 Å². The lowest BCUT2D eigenvalue weighted by molar-refractivity contribution is 0.159. The van der Waals surface area contributed by atoms with Crippen molar-refractivity contribution < 1.29 is 5.11 Å². The van der Waals surface area contributed by atoms with Crippen LogP contribution in [0, 0.1) is 6.92 Å². The average Bonchev–Trinajstić information content (AvgIpc) is 2.51. The van der Waals surface area contributed by atoms with Gasteiger partial charge in [0.05, 0.1) is 12.3 Å². The highest BCUT2D eigenvalue weighted by atomic mass is 79.9. The number of likely N-dealkylation sites (N-methyl/N-ethyl adjacent to an activating group) is 1. The maximum absolute atomic E-state index is 9.57. The van der Waals surface area contributed by atoms with Gasteiger partial charge < -0.3 is 10.0 Å². The minimum Gasteiger partial charge on any atom is -0.395 e. The standard InChI is InChI=1S/C15H23BrN2O/c1-11-4-5-15(14(16)8-11)18-9-13(10-19)17(3)7-6-12(18)2/h4-5,8,12-13,19H,6-7,9-10H2,1-3H3. The molecule has 1 N–H and O–H groups in total. The van der Waals surface area contributed by atoms with Crippen LogP contribution in [0.25, 0.3) is 0 Å². The van der Waals surface area contributed by atoms with E-state index >= 15 is 0 Å². The predicted molar refractivity (Wildman–Crippen MR) is 83.8 cm³/mol. The van der Waals surface area contributed by atoms with Crippen molar-refractivity contribution in [1.82, 2.24) is 4.90 Å². The molecule has 106 valence electrons. The number of nitrogens with zero attached hydrogens (tertiary/aromatic N) is 2. The molecule has 0 bridgehead atoms. The van der Waals surface area contributed by atoms with Crippen LogP contribution in [0.4, 0.5) is 5.69 Å². The maximum atomic E-state index is 9.57. The number of aliphatic hydroxyl groups excluding tert-OH is 1. The summed E-state index contributed by atoms with van der Waals surface area (Å²) >= 11 is 3.67. The molecular formula is C15H23BrN2O. The van der Waals surface area contributed by atoms with Crippen LogP contribution < -0.4 is 4.90 Å². The Morgan fingerprint density at radius 1 is 1.42 bits per heavy atom. The number of anilines is 1. The van der Waals surface area contributed by atoms with E-state index in [0.29, 0.717) is 6.04 Å². The normalized spacial score (nSPS) is 25.4. The molecule has 19 heavy (non-hydrogen) atoms. The topological polar surface area (TPSA) is 26.7 Å². The summed E-state index contributed by atoms with van der Waals surface area (Å²) in [5.41, 5.74) is 2.49. The first kappa shape index (κ1) is 14.8. The number of hydrogen-bond acceptors (Lipinski definition) is 3. The van der Waals surface area contributed by atoms with Gasteiger partial charge in [0.2, 0.25) is 0 Å². The Kier molecular flexibility index (Phi) is 4.87. The molecule has 2 unspecified atom stereocenters. The van der Waals surface area contributed by atoms with Crippen molar-refractivity contribution in [2.24, 2.45) is 0 Å². The molecule has 1 saturated heterocycles. The van der Waals surface area contributed by atoms with Gasteiger partial charge in [-0.2, -0.15) is 0 Å². The zero-order valence-corrected chi connectivity index (χ0v) is 13.5. The molecule has 4 heteroatoms. The molecule has 1 aliphatic heterocycles. The van der Waals surface area contributed by atoms with Gasteiger partial charge in [0.15, 0.2) is 0 Å². The van der Waals surface area contributed by atoms with Crippen LogP contribution >= 0.6 is 15.9 Å². The summed E-state index contributed by atoms with van der Waals surface area (Å²) in [5, 5.41) is 9.57. The van der Waals surface area contributed by atoms with Crippen molar-refractivity contribution >= 4 is 21.6 Å². The third-order valence-electron chi connectivity index (χ3n) is 4.09. The Morgan fingerprint density at radius 3 is 2.79 bits per heavy atom. The average molecular weight is 327 g/mol. The Labute approximate surface area is 124 Å². The van der Waals surface area contributed by atoms with E-state index in [9.17, 15) is 5.11 Å². The SMILES string of the molecule is Cc1ccc(N2CC(CO)N(C)CCC2C)c(Br)c1. The third-order valence-corrected chi connectivity index (χ3v) is 4.72. The summed E-state index contributed by atoms with van der Waals surface area (Å²) in [7, 11) is 2.10. The molecule has 1 aromatic carbocycles. The summed E-state index contributed by atoms with van der Waals surface area (Å²) in [6, 6.07) is 7.17. The van der Waals surface area contributed by atoms with Gasteiger partial charge in [-0.1, -0.05) is 6.07 Å². The van der Waals surface area contributed by atoms with Gasteiger partial charge in [-0.15, -0.1) is 0 Å². The molecule has 0 aliphatic carbocycles.